The Kier molecular flexibility index (Phi) is 8.11. The summed E-state index contributed by atoms with van der Waals surface area (Å²) in [4.78, 5) is 6.93. The normalized spacial score (nSPS) is 18.0. The number of nitrogens with two attached hydrogens (primary N) is 1. The van der Waals surface area contributed by atoms with E-state index in [2.05, 4.69) is 82.6 Å². The van der Waals surface area contributed by atoms with Crippen molar-refractivity contribution < 1.29 is 9.26 Å². The van der Waals surface area contributed by atoms with E-state index in [1.165, 1.54) is 36.9 Å². The van der Waals surface area contributed by atoms with Gasteiger partial charge in [0.15, 0.2) is 5.84 Å². The maximum absolute atomic E-state index is 6.04. The molecule has 2 aromatic carbocycles. The molecular formula is C29H30I2N6O2. The van der Waals surface area contributed by atoms with Crippen molar-refractivity contribution in [3.63, 3.8) is 0 Å². The average molecular weight is 748 g/mol. The molecule has 6 rings (SSSR count). The van der Waals surface area contributed by atoms with E-state index in [0.717, 1.165) is 35.8 Å². The molecule has 0 amide bonds. The molecule has 0 spiro atoms. The lowest BCUT2D eigenvalue weighted by molar-refractivity contribution is 0.238. The second-order valence-corrected chi connectivity index (χ2v) is 17.9. The van der Waals surface area contributed by atoms with E-state index in [9.17, 15) is 0 Å². The summed E-state index contributed by atoms with van der Waals surface area (Å²) in [6, 6.07) is 18.2. The first kappa shape index (κ1) is 26.3. The number of nitrogens with one attached hydrogen (secondary N) is 1. The van der Waals surface area contributed by atoms with Crippen molar-refractivity contribution >= 4 is 72.6 Å². The van der Waals surface area contributed by atoms with Crippen LogP contribution in [0.4, 0.5) is 11.4 Å². The van der Waals surface area contributed by atoms with E-state index in [1.807, 2.05) is 12.1 Å². The predicted octanol–water partition coefficient (Wildman–Crippen LogP) is 5.57. The monoisotopic (exact) mass is 748 g/mol. The zero-order chi connectivity index (χ0) is 26.6. The number of fused-ring (bicyclic) bond motifs is 1. The highest BCUT2D eigenvalue weighted by atomic mass is 127. The summed E-state index contributed by atoms with van der Waals surface area (Å²) in [5.74, 6) is 1.69. The Labute approximate surface area is 244 Å². The van der Waals surface area contributed by atoms with Crippen molar-refractivity contribution in [2.75, 3.05) is 31.6 Å². The average Bonchev–Trinajstić information content (AvgIpc) is 3.73. The van der Waals surface area contributed by atoms with Crippen LogP contribution in [0.2, 0.25) is 0 Å². The summed E-state index contributed by atoms with van der Waals surface area (Å²) < 4.78 is 21.1. The Hall–Kier alpha value is -2.97. The number of likely N-dealkylation sites (tertiary alicyclic amines) is 1. The van der Waals surface area contributed by atoms with E-state index in [-0.39, 0.29) is 20.7 Å². The third kappa shape index (κ3) is 6.12. The van der Waals surface area contributed by atoms with Crippen molar-refractivity contribution in [2.24, 2.45) is 10.7 Å². The molecule has 0 bridgehead atoms. The van der Waals surface area contributed by atoms with Crippen LogP contribution in [0.25, 0.3) is 5.70 Å². The number of allylic oxidation sites excluding steroid dienone is 2. The molecule has 0 unspecified atom stereocenters. The van der Waals surface area contributed by atoms with Crippen molar-refractivity contribution in [3.05, 3.63) is 90.3 Å². The summed E-state index contributed by atoms with van der Waals surface area (Å²) in [6.07, 6.45) is 10.7. The molecular weight excluding hydrogens is 718 g/mol. The Morgan fingerprint density at radius 3 is 2.67 bits per heavy atom. The molecule has 39 heavy (non-hydrogen) atoms. The number of aliphatic imine (C=N–C) groups is 1. The molecule has 202 valence electrons. The second-order valence-electron chi connectivity index (χ2n) is 9.17. The molecule has 1 fully saturated rings. The van der Waals surface area contributed by atoms with Gasteiger partial charge in [-0.25, -0.2) is 4.99 Å². The molecule has 10 heteroatoms. The number of aromatic nitrogens is 1. The third-order valence-electron chi connectivity index (χ3n) is 6.53. The highest BCUT2D eigenvalue weighted by Crippen LogP contribution is 2.43. The van der Waals surface area contributed by atoms with Gasteiger partial charge < -0.3 is 20.3 Å². The Bertz CT molecular complexity index is 1530. The molecule has 3 N–H and O–H groups in total. The zero-order valence-electron chi connectivity index (χ0n) is 21.4. The highest BCUT2D eigenvalue weighted by Gasteiger charge is 2.24. The molecule has 0 aliphatic carbocycles. The summed E-state index contributed by atoms with van der Waals surface area (Å²) in [5.41, 5.74) is 10.2. The lowest BCUT2D eigenvalue weighted by Crippen LogP contribution is -2.25. The van der Waals surface area contributed by atoms with E-state index in [1.54, 1.807) is 12.3 Å². The largest absolute Gasteiger partial charge is 0.492 e. The first-order valence-corrected chi connectivity index (χ1v) is 18.5. The number of nitrogens with zero attached hydrogens (tertiary/aromatic N) is 4. The van der Waals surface area contributed by atoms with Gasteiger partial charge in [-0.1, -0.05) is 27.9 Å². The molecule has 8 nitrogen and oxygen atoms in total. The van der Waals surface area contributed by atoms with Crippen LogP contribution in [-0.4, -0.2) is 55.0 Å². The van der Waals surface area contributed by atoms with Crippen LogP contribution in [-0.2, 0) is 0 Å². The van der Waals surface area contributed by atoms with Gasteiger partial charge >= 0.3 is 0 Å². The van der Waals surface area contributed by atoms with Crippen LogP contribution in [0.1, 0.15) is 24.2 Å². The van der Waals surface area contributed by atoms with Gasteiger partial charge in [-0.3, -0.25) is 8.01 Å². The van der Waals surface area contributed by atoms with Crippen LogP contribution >= 0.6 is 39.9 Å². The summed E-state index contributed by atoms with van der Waals surface area (Å²) in [7, 11) is 0. The quantitative estimate of drug-likeness (QED) is 0.0974. The van der Waals surface area contributed by atoms with Crippen molar-refractivity contribution in [1.29, 1.82) is 0 Å². The lowest BCUT2D eigenvalue weighted by atomic mass is 10.1. The summed E-state index contributed by atoms with van der Waals surface area (Å²) in [6.45, 7) is 4.14. The zero-order valence-corrected chi connectivity index (χ0v) is 25.7. The molecule has 0 radical (unpaired) electrons. The molecule has 0 atom stereocenters. The van der Waals surface area contributed by atoms with Crippen molar-refractivity contribution in [2.45, 2.75) is 12.8 Å². The molecule has 4 heterocycles. The van der Waals surface area contributed by atoms with Gasteiger partial charge in [0, 0.05) is 18.3 Å². The van der Waals surface area contributed by atoms with Crippen LogP contribution in [0.15, 0.2) is 88.5 Å². The Morgan fingerprint density at radius 1 is 1.13 bits per heavy atom. The van der Waals surface area contributed by atoms with E-state index in [4.69, 9.17) is 15.0 Å². The first-order valence-electron chi connectivity index (χ1n) is 12.8. The number of hydrogen-bond acceptors (Lipinski definition) is 7. The minimum absolute atomic E-state index is 0.297. The number of halogens is 2. The third-order valence-corrected chi connectivity index (χ3v) is 17.7. The molecule has 1 aromatic heterocycles. The van der Waals surface area contributed by atoms with Gasteiger partial charge in [0.1, 0.15) is 14.0 Å². The van der Waals surface area contributed by atoms with Gasteiger partial charge in [-0.05, 0) is 120 Å². The van der Waals surface area contributed by atoms with Crippen LogP contribution in [0.5, 0.6) is 5.75 Å². The molecule has 3 aliphatic rings. The number of anilines is 1. The van der Waals surface area contributed by atoms with Crippen molar-refractivity contribution in [1.82, 2.24) is 13.2 Å². The topological polar surface area (TPSA) is 92.1 Å². The number of amidine groups is 1. The number of ether oxygens (including phenoxy) is 1. The van der Waals surface area contributed by atoms with Gasteiger partial charge in [0.25, 0.3) is 0 Å². The fraction of sp³-hybridized carbons (Fsp3) is 0.207. The van der Waals surface area contributed by atoms with E-state index < -0.39 is 19.1 Å². The minimum Gasteiger partial charge on any atom is -0.492 e. The first-order chi connectivity index (χ1) is 19.1. The maximum Gasteiger partial charge on any atom is 0.201 e. The van der Waals surface area contributed by atoms with Gasteiger partial charge in [-0.2, -0.15) is 0 Å². The highest BCUT2D eigenvalue weighted by molar-refractivity contribution is 14.3. The number of rotatable bonds is 9. The molecule has 3 aliphatic heterocycles. The van der Waals surface area contributed by atoms with E-state index >= 15 is 0 Å². The van der Waals surface area contributed by atoms with Crippen LogP contribution in [0, 0.1) is 0 Å². The summed E-state index contributed by atoms with van der Waals surface area (Å²) in [5, 5.41) is 7.42. The SMILES string of the molecule is C=I1=C(Nc2ccc(OCCN3CCCC3)cc2)I=C2C=CC=C(c3ccc(N=C(N)c4ccno4)cc3)N21. The predicted molar refractivity (Wildman–Crippen MR) is 179 cm³/mol. The fourth-order valence-corrected chi connectivity index (χ4v) is 15.7. The van der Waals surface area contributed by atoms with Gasteiger partial charge in [0.2, 0.25) is 5.76 Å². The molecule has 3 aromatic rings. The van der Waals surface area contributed by atoms with Crippen LogP contribution in [0.3, 0.4) is 0 Å². The molecule has 0 saturated carbocycles. The fourth-order valence-electron chi connectivity index (χ4n) is 4.52. The standard InChI is InChI=1S/C29H30I2N6O2/c1-31-29(35-23-11-13-24(14-12-23)38-20-19-36-17-2-3-18-36)30-27-6-4-5-25(37(27)31)21-7-9-22(10-8-21)34-28(32)26-15-16-33-39-26/h4-16,35H,1-3,17-20H2,(H2,32,34). The smallest absolute Gasteiger partial charge is 0.201 e. The number of benzene rings is 2. The van der Waals surface area contributed by atoms with Crippen LogP contribution < -0.4 is 15.8 Å². The second kappa shape index (κ2) is 12.0. The maximum atomic E-state index is 6.04. The van der Waals surface area contributed by atoms with Crippen molar-refractivity contribution in [3.8, 4) is 5.75 Å². The lowest BCUT2D eigenvalue weighted by Gasteiger charge is -2.25. The Balaban J connectivity index is 1.12. The van der Waals surface area contributed by atoms with Gasteiger partial charge in [0.05, 0.1) is 21.2 Å². The molecule has 1 saturated heterocycles. The van der Waals surface area contributed by atoms with Gasteiger partial charge in [-0.15, -0.1) is 0 Å². The Morgan fingerprint density at radius 2 is 1.92 bits per heavy atom. The minimum atomic E-state index is -1.85. The number of hydrogen-bond donors (Lipinski definition) is 2. The van der Waals surface area contributed by atoms with E-state index in [0.29, 0.717) is 11.6 Å². The summed E-state index contributed by atoms with van der Waals surface area (Å²) >= 11 is -2.14.